The quantitative estimate of drug-likeness (QED) is 0.116. The van der Waals surface area contributed by atoms with Gasteiger partial charge in [0.2, 0.25) is 17.8 Å². The Morgan fingerprint density at radius 3 is 2.00 bits per heavy atom. The van der Waals surface area contributed by atoms with Crippen molar-refractivity contribution in [3.63, 3.8) is 0 Å². The van der Waals surface area contributed by atoms with Crippen LogP contribution in [0.25, 0.3) is 11.0 Å². The van der Waals surface area contributed by atoms with Crippen LogP contribution in [0.15, 0.2) is 85.9 Å². The lowest BCUT2D eigenvalue weighted by Gasteiger charge is -2.09. The summed E-state index contributed by atoms with van der Waals surface area (Å²) >= 11 is 0. The van der Waals surface area contributed by atoms with E-state index in [2.05, 4.69) is 50.8 Å². The first-order valence-electron chi connectivity index (χ1n) is 12.4. The molecule has 6 rings (SSSR count). The van der Waals surface area contributed by atoms with Gasteiger partial charge in [0.1, 0.15) is 11.3 Å². The number of anilines is 6. The van der Waals surface area contributed by atoms with Gasteiger partial charge in [0.15, 0.2) is 0 Å². The standard InChI is InChI=1S/C17H13N7O5.C9H8N4O2/c25-12-4-2-7(5-9(12)13(26)27)18-14-22-15(24-17(29)23-14)19-8-1-3-10-11(6-8)21-16(28)20-10;14-8-11-7(12-9(15)13-8)10-6-4-2-1-3-5-6/h1-6,25H,(H,26,27)(H2,20,21,28)(H3,18,19,22,23,24,29);1-5H,(H3,10,11,12,13,14,15). The molecule has 6 aromatic rings. The fourth-order valence-corrected chi connectivity index (χ4v) is 3.77. The first-order chi connectivity index (χ1) is 21.1. The number of carboxylic acid groups (broad SMARTS) is 1. The fraction of sp³-hybridized carbons (Fsp3) is 0. The molecule has 0 bridgehead atoms. The number of benzene rings is 3. The average molecular weight is 600 g/mol. The Bertz CT molecular complexity index is 2170. The number of imidazole rings is 1. The van der Waals surface area contributed by atoms with Crippen LogP contribution in [0.5, 0.6) is 5.75 Å². The van der Waals surface area contributed by atoms with E-state index >= 15 is 0 Å². The van der Waals surface area contributed by atoms with Crippen LogP contribution in [0.4, 0.5) is 34.9 Å². The van der Waals surface area contributed by atoms with Crippen molar-refractivity contribution in [2.24, 2.45) is 0 Å². The van der Waals surface area contributed by atoms with Gasteiger partial charge < -0.3 is 36.1 Å². The Kier molecular flexibility index (Phi) is 7.96. The number of aromatic carboxylic acids is 1. The minimum absolute atomic E-state index is 0.00524. The van der Waals surface area contributed by atoms with Gasteiger partial charge >= 0.3 is 28.7 Å². The highest BCUT2D eigenvalue weighted by Gasteiger charge is 2.12. The second-order valence-electron chi connectivity index (χ2n) is 8.79. The van der Waals surface area contributed by atoms with E-state index in [0.29, 0.717) is 16.7 Å². The van der Waals surface area contributed by atoms with Gasteiger partial charge in [-0.3, -0.25) is 15.0 Å². The number of aromatic amines is 5. The van der Waals surface area contributed by atoms with Crippen molar-refractivity contribution in [1.82, 2.24) is 39.9 Å². The Labute approximate surface area is 243 Å². The topological polar surface area (TPSA) is 280 Å². The van der Waals surface area contributed by atoms with Gasteiger partial charge in [-0.05, 0) is 48.5 Å². The van der Waals surface area contributed by atoms with Crippen LogP contribution in [-0.4, -0.2) is 56.1 Å². The molecule has 0 fully saturated rings. The van der Waals surface area contributed by atoms with Gasteiger partial charge in [0.05, 0.1) is 11.0 Å². The molecule has 3 aromatic heterocycles. The van der Waals surface area contributed by atoms with E-state index in [1.165, 1.54) is 18.2 Å². The number of aromatic hydroxyl groups is 1. The van der Waals surface area contributed by atoms with Crippen molar-refractivity contribution >= 4 is 51.9 Å². The summed E-state index contributed by atoms with van der Waals surface area (Å²) in [7, 11) is 0. The zero-order valence-electron chi connectivity index (χ0n) is 22.1. The molecule has 0 aliphatic heterocycles. The summed E-state index contributed by atoms with van der Waals surface area (Å²) in [5.41, 5.74) is 0.123. The molecule has 18 heteroatoms. The smallest absolute Gasteiger partial charge is 0.352 e. The number of nitrogens with zero attached hydrogens (tertiary/aromatic N) is 3. The molecular weight excluding hydrogens is 578 g/mol. The minimum Gasteiger partial charge on any atom is -0.507 e. The third-order valence-electron chi connectivity index (χ3n) is 5.61. The lowest BCUT2D eigenvalue weighted by molar-refractivity contribution is 0.0693. The van der Waals surface area contributed by atoms with Gasteiger partial charge in [0, 0.05) is 17.1 Å². The van der Waals surface area contributed by atoms with Crippen LogP contribution in [0, 0.1) is 0 Å². The summed E-state index contributed by atoms with van der Waals surface area (Å²) in [6.45, 7) is 0. The number of rotatable bonds is 7. The number of nitrogens with one attached hydrogen (secondary N) is 8. The van der Waals surface area contributed by atoms with Crippen LogP contribution in [0.1, 0.15) is 10.4 Å². The SMILES string of the molecule is O=C(O)c1cc(Nc2nc(Nc3ccc4[nH]c(=O)[nH]c4c3)nc(=O)[nH]2)ccc1O.O=c1nc(Nc2ccccc2)[nH]c(=O)[nH]1. The van der Waals surface area contributed by atoms with E-state index in [4.69, 9.17) is 5.11 Å². The Morgan fingerprint density at radius 1 is 0.614 bits per heavy atom. The minimum atomic E-state index is -1.30. The van der Waals surface area contributed by atoms with Crippen molar-refractivity contribution < 1.29 is 15.0 Å². The summed E-state index contributed by atoms with van der Waals surface area (Å²) in [6, 6.07) is 17.9. The molecule has 3 heterocycles. The maximum absolute atomic E-state index is 11.9. The molecule has 0 saturated carbocycles. The molecule has 0 amide bonds. The monoisotopic (exact) mass is 599 g/mol. The Balaban J connectivity index is 0.000000215. The van der Waals surface area contributed by atoms with Crippen LogP contribution in [0.2, 0.25) is 0 Å². The predicted molar refractivity (Wildman–Crippen MR) is 158 cm³/mol. The molecule has 18 nitrogen and oxygen atoms in total. The molecule has 10 N–H and O–H groups in total. The second kappa shape index (κ2) is 12.3. The number of hydrogen-bond donors (Lipinski definition) is 10. The highest BCUT2D eigenvalue weighted by molar-refractivity contribution is 5.92. The number of phenols is 1. The molecule has 0 aliphatic rings. The van der Waals surface area contributed by atoms with Gasteiger partial charge in [0.25, 0.3) is 0 Å². The van der Waals surface area contributed by atoms with Gasteiger partial charge in [-0.25, -0.2) is 24.0 Å². The number of H-pyrrole nitrogens is 5. The van der Waals surface area contributed by atoms with Crippen molar-refractivity contribution in [3.8, 4) is 5.75 Å². The number of hydrogen-bond acceptors (Lipinski definition) is 12. The van der Waals surface area contributed by atoms with E-state index < -0.39 is 23.0 Å². The summed E-state index contributed by atoms with van der Waals surface area (Å²) in [5.74, 6) is -1.59. The Hall–Kier alpha value is -6.98. The first-order valence-corrected chi connectivity index (χ1v) is 12.4. The van der Waals surface area contributed by atoms with E-state index in [-0.39, 0.29) is 40.5 Å². The predicted octanol–water partition coefficient (Wildman–Crippen LogP) is 1.43. The molecule has 44 heavy (non-hydrogen) atoms. The molecule has 0 atom stereocenters. The van der Waals surface area contributed by atoms with Gasteiger partial charge in [-0.2, -0.15) is 15.0 Å². The molecule has 0 saturated heterocycles. The number of carboxylic acids is 1. The average Bonchev–Trinajstić information content (AvgIpc) is 3.33. The van der Waals surface area contributed by atoms with Gasteiger partial charge in [-0.1, -0.05) is 18.2 Å². The zero-order chi connectivity index (χ0) is 31.2. The van der Waals surface area contributed by atoms with E-state index in [9.17, 15) is 29.1 Å². The fourth-order valence-electron chi connectivity index (χ4n) is 3.77. The maximum Gasteiger partial charge on any atom is 0.352 e. The van der Waals surface area contributed by atoms with Crippen molar-refractivity contribution in [1.29, 1.82) is 0 Å². The van der Waals surface area contributed by atoms with Crippen molar-refractivity contribution in [3.05, 3.63) is 114 Å². The van der Waals surface area contributed by atoms with Crippen LogP contribution < -0.4 is 38.7 Å². The second-order valence-corrected chi connectivity index (χ2v) is 8.79. The van der Waals surface area contributed by atoms with E-state index in [1.807, 2.05) is 23.2 Å². The zero-order valence-corrected chi connectivity index (χ0v) is 22.1. The maximum atomic E-state index is 11.9. The largest absolute Gasteiger partial charge is 0.507 e. The molecule has 222 valence electrons. The number of carbonyl (C=O) groups is 1. The molecule has 0 aliphatic carbocycles. The third-order valence-corrected chi connectivity index (χ3v) is 5.61. The summed E-state index contributed by atoms with van der Waals surface area (Å²) in [5, 5.41) is 27.1. The van der Waals surface area contributed by atoms with Crippen LogP contribution >= 0.6 is 0 Å². The first kappa shape index (κ1) is 28.5. The van der Waals surface area contributed by atoms with Crippen LogP contribution in [-0.2, 0) is 0 Å². The van der Waals surface area contributed by atoms with E-state index in [1.54, 1.807) is 30.3 Å². The molecule has 0 spiro atoms. The third kappa shape index (κ3) is 7.20. The molecule has 3 aromatic carbocycles. The summed E-state index contributed by atoms with van der Waals surface area (Å²) < 4.78 is 0. The molecular formula is C26H21N11O7. The van der Waals surface area contributed by atoms with Gasteiger partial charge in [-0.15, -0.1) is 0 Å². The number of para-hydroxylation sites is 1. The lowest BCUT2D eigenvalue weighted by Crippen LogP contribution is -2.25. The van der Waals surface area contributed by atoms with Crippen molar-refractivity contribution in [2.45, 2.75) is 0 Å². The highest BCUT2D eigenvalue weighted by atomic mass is 16.4. The van der Waals surface area contributed by atoms with Crippen LogP contribution in [0.3, 0.4) is 0 Å². The summed E-state index contributed by atoms with van der Waals surface area (Å²) in [4.78, 5) is 79.5. The molecule has 0 radical (unpaired) electrons. The highest BCUT2D eigenvalue weighted by Crippen LogP contribution is 2.23. The molecule has 0 unspecified atom stereocenters. The normalized spacial score (nSPS) is 10.5. The Morgan fingerprint density at radius 2 is 1.25 bits per heavy atom. The van der Waals surface area contributed by atoms with Crippen molar-refractivity contribution in [2.75, 3.05) is 16.0 Å². The number of aromatic nitrogens is 8. The number of fused-ring (bicyclic) bond motifs is 1. The lowest BCUT2D eigenvalue weighted by atomic mass is 10.2. The summed E-state index contributed by atoms with van der Waals surface area (Å²) in [6.07, 6.45) is 0. The van der Waals surface area contributed by atoms with E-state index in [0.717, 1.165) is 5.69 Å².